The molecule has 0 radical (unpaired) electrons. The van der Waals surface area contributed by atoms with E-state index in [2.05, 4.69) is 48.8 Å². The number of benzene rings is 2. The maximum atomic E-state index is 13.3. The second-order valence-electron chi connectivity index (χ2n) is 9.69. The highest BCUT2D eigenvalue weighted by molar-refractivity contribution is 9.09. The summed E-state index contributed by atoms with van der Waals surface area (Å²) >= 11 is 3.92. The van der Waals surface area contributed by atoms with Gasteiger partial charge in [-0.15, -0.1) is 0 Å². The van der Waals surface area contributed by atoms with Crippen LogP contribution in [0.25, 0.3) is 0 Å². The number of alkyl halides is 1. The normalized spacial score (nSPS) is 37.6. The maximum absolute atomic E-state index is 13.3. The number of hydrogen-bond donors (Lipinski definition) is 0. The van der Waals surface area contributed by atoms with E-state index in [1.54, 1.807) is 0 Å². The number of ether oxygens (including phenoxy) is 1. The minimum absolute atomic E-state index is 0.0585. The van der Waals surface area contributed by atoms with Crippen molar-refractivity contribution in [3.05, 3.63) is 66.2 Å². The fourth-order valence-electron chi connectivity index (χ4n) is 5.61. The number of para-hydroxylation sites is 1. The molecule has 6 atom stereocenters. The third kappa shape index (κ3) is 2.98. The summed E-state index contributed by atoms with van der Waals surface area (Å²) in [5.41, 5.74) is 2.12. The molecule has 29 heavy (non-hydrogen) atoms. The van der Waals surface area contributed by atoms with E-state index in [9.17, 15) is 4.79 Å². The summed E-state index contributed by atoms with van der Waals surface area (Å²) in [5.74, 6) is 1.52. The Morgan fingerprint density at radius 3 is 2.24 bits per heavy atom. The number of amides is 1. The number of carbonyl (C=O) groups is 1. The lowest BCUT2D eigenvalue weighted by molar-refractivity contribution is -0.164. The number of hydrogen-bond acceptors (Lipinski definition) is 2. The summed E-state index contributed by atoms with van der Waals surface area (Å²) in [5, 5.41) is 0. The van der Waals surface area contributed by atoms with Crippen LogP contribution < -0.4 is 4.90 Å². The van der Waals surface area contributed by atoms with Crippen molar-refractivity contribution in [1.29, 1.82) is 0 Å². The molecular formula is C25H28BrNO2. The molecule has 3 aliphatic rings. The summed E-state index contributed by atoms with van der Waals surface area (Å²) < 4.78 is 6.71. The zero-order valence-electron chi connectivity index (χ0n) is 17.2. The van der Waals surface area contributed by atoms with Gasteiger partial charge in [0.2, 0.25) is 0 Å². The molecule has 4 heteroatoms. The lowest BCUT2D eigenvalue weighted by Gasteiger charge is -2.51. The predicted molar refractivity (Wildman–Crippen MR) is 119 cm³/mol. The van der Waals surface area contributed by atoms with Crippen LogP contribution in [-0.2, 0) is 9.53 Å². The van der Waals surface area contributed by atoms with Crippen LogP contribution in [0.15, 0.2) is 60.7 Å². The fraction of sp³-hybridized carbons (Fsp3) is 0.480. The van der Waals surface area contributed by atoms with E-state index >= 15 is 0 Å². The van der Waals surface area contributed by atoms with E-state index < -0.39 is 6.10 Å². The zero-order chi connectivity index (χ0) is 20.4. The minimum Gasteiger partial charge on any atom is -0.358 e. The smallest absolute Gasteiger partial charge is 0.259 e. The average molecular weight is 454 g/mol. The molecule has 0 unspecified atom stereocenters. The first-order chi connectivity index (χ1) is 13.8. The van der Waals surface area contributed by atoms with Gasteiger partial charge in [0.1, 0.15) is 0 Å². The van der Waals surface area contributed by atoms with Crippen LogP contribution in [0.1, 0.15) is 45.2 Å². The summed E-state index contributed by atoms with van der Waals surface area (Å²) in [7, 11) is 0. The molecule has 2 aromatic rings. The Hall–Kier alpha value is -1.65. The second-order valence-corrected chi connectivity index (χ2v) is 10.8. The summed E-state index contributed by atoms with van der Waals surface area (Å²) in [4.78, 5) is 15.4. The summed E-state index contributed by atoms with van der Waals surface area (Å²) in [6.07, 6.45) is 1.69. The molecule has 0 spiro atoms. The van der Waals surface area contributed by atoms with Crippen LogP contribution in [0.3, 0.4) is 0 Å². The van der Waals surface area contributed by atoms with E-state index in [-0.39, 0.29) is 22.4 Å². The van der Waals surface area contributed by atoms with E-state index in [4.69, 9.17) is 4.74 Å². The highest BCUT2D eigenvalue weighted by Crippen LogP contribution is 2.68. The first kappa shape index (κ1) is 19.3. The molecule has 0 aromatic heterocycles. The van der Waals surface area contributed by atoms with Gasteiger partial charge in [-0.05, 0) is 54.7 Å². The van der Waals surface area contributed by atoms with Crippen LogP contribution in [0.5, 0.6) is 0 Å². The number of anilines is 1. The Morgan fingerprint density at radius 2 is 1.59 bits per heavy atom. The zero-order valence-corrected chi connectivity index (χ0v) is 18.8. The molecule has 2 aromatic carbocycles. The minimum atomic E-state index is -0.443. The molecule has 1 aliphatic heterocycles. The summed E-state index contributed by atoms with van der Waals surface area (Å²) in [6.45, 7) is 6.93. The van der Waals surface area contributed by atoms with Gasteiger partial charge in [-0.3, -0.25) is 9.69 Å². The van der Waals surface area contributed by atoms with Crippen molar-refractivity contribution in [3.8, 4) is 0 Å². The van der Waals surface area contributed by atoms with Crippen molar-refractivity contribution in [1.82, 2.24) is 0 Å². The number of β-lactam (4-membered cyclic amide) rings is 1. The maximum Gasteiger partial charge on any atom is 0.259 e. The highest BCUT2D eigenvalue weighted by atomic mass is 79.9. The fourth-order valence-corrected chi connectivity index (χ4v) is 6.30. The molecule has 0 bridgehead atoms. The Balaban J connectivity index is 1.44. The predicted octanol–water partition coefficient (Wildman–Crippen LogP) is 5.75. The molecule has 2 saturated carbocycles. The molecule has 1 saturated heterocycles. The van der Waals surface area contributed by atoms with E-state index in [1.165, 1.54) is 0 Å². The van der Waals surface area contributed by atoms with Crippen LogP contribution >= 0.6 is 15.9 Å². The molecule has 2 aliphatic carbocycles. The Kier molecular flexibility index (Phi) is 4.45. The third-order valence-corrected chi connectivity index (χ3v) is 9.00. The SMILES string of the molecule is CC1(C)[C@@H]2C[C@@H](Br)[C@](C)(O[C@H]3C(=O)N(c4ccccc4)[C@H]3c3ccccc3)C[C@@H]21. The van der Waals surface area contributed by atoms with Gasteiger partial charge in [0.05, 0.1) is 11.6 Å². The van der Waals surface area contributed by atoms with E-state index in [1.807, 2.05) is 53.4 Å². The average Bonchev–Trinajstić information content (AvgIpc) is 3.24. The topological polar surface area (TPSA) is 29.5 Å². The molecule has 0 N–H and O–H groups in total. The Labute approximate surface area is 181 Å². The van der Waals surface area contributed by atoms with Crippen molar-refractivity contribution in [2.24, 2.45) is 17.3 Å². The van der Waals surface area contributed by atoms with Gasteiger partial charge >= 0.3 is 0 Å². The van der Waals surface area contributed by atoms with Crippen LogP contribution in [0, 0.1) is 17.3 Å². The number of nitrogens with zero attached hydrogens (tertiary/aromatic N) is 1. The Morgan fingerprint density at radius 1 is 0.966 bits per heavy atom. The summed E-state index contributed by atoms with van der Waals surface area (Å²) in [6, 6.07) is 20.1. The quantitative estimate of drug-likeness (QED) is 0.435. The third-order valence-electron chi connectivity index (χ3n) is 7.65. The molecule has 1 heterocycles. The molecule has 152 valence electrons. The van der Waals surface area contributed by atoms with Crippen LogP contribution in [-0.4, -0.2) is 22.4 Å². The van der Waals surface area contributed by atoms with Crippen molar-refractivity contribution < 1.29 is 9.53 Å². The van der Waals surface area contributed by atoms with Gasteiger partial charge in [-0.1, -0.05) is 78.3 Å². The van der Waals surface area contributed by atoms with Crippen molar-refractivity contribution in [2.75, 3.05) is 4.90 Å². The number of fused-ring (bicyclic) bond motifs is 1. The number of rotatable bonds is 4. The Bertz CT molecular complexity index is 915. The van der Waals surface area contributed by atoms with Crippen molar-refractivity contribution in [3.63, 3.8) is 0 Å². The van der Waals surface area contributed by atoms with Gasteiger partial charge < -0.3 is 4.74 Å². The second kappa shape index (κ2) is 6.68. The molecule has 1 amide bonds. The molecule has 3 fully saturated rings. The standard InChI is InChI=1S/C25H28BrNO2/c1-24(2)18-14-20(26)25(3,15-19(18)24)29-22-21(16-10-6-4-7-11-16)27(23(22)28)17-12-8-5-9-13-17/h4-13,18-22H,14-15H2,1-3H3/t18-,19+,20-,21+,22-,25-/m1/s1. The van der Waals surface area contributed by atoms with Crippen LogP contribution in [0.2, 0.25) is 0 Å². The lowest BCUT2D eigenvalue weighted by Crippen LogP contribution is -2.63. The molecule has 3 nitrogen and oxygen atoms in total. The lowest BCUT2D eigenvalue weighted by atomic mass is 9.84. The first-order valence-electron chi connectivity index (χ1n) is 10.6. The van der Waals surface area contributed by atoms with Gasteiger partial charge in [0, 0.05) is 10.5 Å². The largest absolute Gasteiger partial charge is 0.358 e. The van der Waals surface area contributed by atoms with Gasteiger partial charge in [0.25, 0.3) is 5.91 Å². The van der Waals surface area contributed by atoms with Gasteiger partial charge in [-0.25, -0.2) is 0 Å². The van der Waals surface area contributed by atoms with Crippen molar-refractivity contribution in [2.45, 2.75) is 56.2 Å². The number of halogens is 1. The number of carbonyl (C=O) groups excluding carboxylic acids is 1. The molecule has 5 rings (SSSR count). The highest BCUT2D eigenvalue weighted by Gasteiger charge is 2.65. The van der Waals surface area contributed by atoms with E-state index in [0.717, 1.165) is 30.0 Å². The van der Waals surface area contributed by atoms with E-state index in [0.29, 0.717) is 11.3 Å². The molecular weight excluding hydrogens is 426 g/mol. The van der Waals surface area contributed by atoms with Gasteiger partial charge in [-0.2, -0.15) is 0 Å². The van der Waals surface area contributed by atoms with Gasteiger partial charge in [0.15, 0.2) is 6.10 Å². The monoisotopic (exact) mass is 453 g/mol. The van der Waals surface area contributed by atoms with Crippen LogP contribution in [0.4, 0.5) is 5.69 Å². The first-order valence-corrected chi connectivity index (χ1v) is 11.5. The van der Waals surface area contributed by atoms with Crippen molar-refractivity contribution >= 4 is 27.5 Å².